The van der Waals surface area contributed by atoms with Crippen LogP contribution in [0.3, 0.4) is 0 Å². The number of carboxylic acid groups (broad SMARTS) is 1. The fourth-order valence-electron chi connectivity index (χ4n) is 2.48. The lowest BCUT2D eigenvalue weighted by atomic mass is 10.1. The van der Waals surface area contributed by atoms with Crippen LogP contribution in [0.2, 0.25) is 0 Å². The minimum atomic E-state index is -1.05. The molecule has 130 valence electrons. The number of hydrogen-bond donors (Lipinski definition) is 1. The van der Waals surface area contributed by atoms with Crippen LogP contribution in [-0.2, 0) is 13.1 Å². The average Bonchev–Trinajstić information content (AvgIpc) is 3.04. The molecule has 0 saturated carbocycles. The van der Waals surface area contributed by atoms with Crippen LogP contribution in [-0.4, -0.2) is 50.1 Å². The third-order valence-corrected chi connectivity index (χ3v) is 3.73. The summed E-state index contributed by atoms with van der Waals surface area (Å²) in [6, 6.07) is 5.26. The number of methoxy groups -OCH3 is 2. The molecular formula is C16H17N5O4. The van der Waals surface area contributed by atoms with E-state index in [2.05, 4.69) is 15.2 Å². The summed E-state index contributed by atoms with van der Waals surface area (Å²) in [5.41, 5.74) is 1.92. The summed E-state index contributed by atoms with van der Waals surface area (Å²) >= 11 is 0. The van der Waals surface area contributed by atoms with Gasteiger partial charge in [0.2, 0.25) is 0 Å². The second-order valence-electron chi connectivity index (χ2n) is 5.24. The van der Waals surface area contributed by atoms with Crippen molar-refractivity contribution in [3.05, 3.63) is 47.9 Å². The van der Waals surface area contributed by atoms with Crippen molar-refractivity contribution in [1.82, 2.24) is 24.7 Å². The van der Waals surface area contributed by atoms with E-state index in [4.69, 9.17) is 9.47 Å². The number of benzene rings is 1. The first-order valence-corrected chi connectivity index (χ1v) is 7.45. The normalized spacial score (nSPS) is 10.6. The van der Waals surface area contributed by atoms with E-state index in [9.17, 15) is 9.90 Å². The quantitative estimate of drug-likeness (QED) is 0.728. The molecule has 0 aliphatic heterocycles. The van der Waals surface area contributed by atoms with Crippen LogP contribution in [0.25, 0.3) is 5.65 Å². The molecule has 0 saturated heterocycles. The van der Waals surface area contributed by atoms with Gasteiger partial charge in [0.1, 0.15) is 11.5 Å². The molecule has 0 fully saturated rings. The number of ether oxygens (including phenoxy) is 2. The molecule has 2 aromatic heterocycles. The van der Waals surface area contributed by atoms with Gasteiger partial charge in [-0.25, -0.2) is 9.78 Å². The Bertz CT molecular complexity index is 895. The standard InChI is InChI=1S/C16H17N5O4/c1-24-13-4-3-11(14(7-13)25-2)9-20(16(22)23)10-12-8-19-21-15(12)17-5-6-18-21/h3-8H,9-10H2,1-2H3,(H,22,23). The zero-order valence-corrected chi connectivity index (χ0v) is 13.8. The fraction of sp³-hybridized carbons (Fsp3) is 0.250. The lowest BCUT2D eigenvalue weighted by molar-refractivity contribution is 0.139. The van der Waals surface area contributed by atoms with Crippen molar-refractivity contribution in [2.75, 3.05) is 14.2 Å². The fourth-order valence-corrected chi connectivity index (χ4v) is 2.48. The van der Waals surface area contributed by atoms with E-state index < -0.39 is 6.09 Å². The molecular weight excluding hydrogens is 326 g/mol. The molecule has 0 atom stereocenters. The molecule has 3 rings (SSSR count). The predicted octanol–water partition coefficient (Wildman–Crippen LogP) is 1.82. The van der Waals surface area contributed by atoms with Gasteiger partial charge in [-0.05, 0) is 12.1 Å². The first-order chi connectivity index (χ1) is 12.1. The Kier molecular flexibility index (Phi) is 4.64. The maximum atomic E-state index is 11.7. The topological polar surface area (TPSA) is 102 Å². The van der Waals surface area contributed by atoms with Crippen molar-refractivity contribution in [3.63, 3.8) is 0 Å². The van der Waals surface area contributed by atoms with Crippen molar-refractivity contribution in [3.8, 4) is 11.5 Å². The molecule has 25 heavy (non-hydrogen) atoms. The van der Waals surface area contributed by atoms with Crippen LogP contribution < -0.4 is 9.47 Å². The maximum absolute atomic E-state index is 11.7. The van der Waals surface area contributed by atoms with E-state index in [1.165, 1.54) is 29.0 Å². The summed E-state index contributed by atoms with van der Waals surface area (Å²) in [5.74, 6) is 1.20. The van der Waals surface area contributed by atoms with E-state index >= 15 is 0 Å². The molecule has 1 N–H and O–H groups in total. The lowest BCUT2D eigenvalue weighted by Crippen LogP contribution is -2.28. The Morgan fingerprint density at radius 1 is 1.16 bits per heavy atom. The number of rotatable bonds is 6. The van der Waals surface area contributed by atoms with Gasteiger partial charge in [-0.3, -0.25) is 4.90 Å². The minimum Gasteiger partial charge on any atom is -0.497 e. The average molecular weight is 343 g/mol. The van der Waals surface area contributed by atoms with Gasteiger partial charge in [0, 0.05) is 23.4 Å². The van der Waals surface area contributed by atoms with Crippen molar-refractivity contribution in [2.45, 2.75) is 13.1 Å². The van der Waals surface area contributed by atoms with Crippen LogP contribution in [0.1, 0.15) is 11.1 Å². The third kappa shape index (κ3) is 3.44. The first kappa shape index (κ1) is 16.5. The van der Waals surface area contributed by atoms with Gasteiger partial charge in [-0.1, -0.05) is 0 Å². The lowest BCUT2D eigenvalue weighted by Gasteiger charge is -2.20. The van der Waals surface area contributed by atoms with Crippen molar-refractivity contribution >= 4 is 11.7 Å². The van der Waals surface area contributed by atoms with Crippen LogP contribution in [0.5, 0.6) is 11.5 Å². The number of aromatic nitrogens is 4. The molecule has 1 amide bonds. The Hall–Kier alpha value is -3.36. The van der Waals surface area contributed by atoms with Gasteiger partial charge < -0.3 is 14.6 Å². The van der Waals surface area contributed by atoms with Crippen LogP contribution in [0, 0.1) is 0 Å². The number of carbonyl (C=O) groups is 1. The van der Waals surface area contributed by atoms with Gasteiger partial charge in [0.15, 0.2) is 5.65 Å². The second kappa shape index (κ2) is 7.04. The highest BCUT2D eigenvalue weighted by atomic mass is 16.5. The van der Waals surface area contributed by atoms with Gasteiger partial charge in [-0.15, -0.1) is 4.63 Å². The first-order valence-electron chi connectivity index (χ1n) is 7.45. The summed E-state index contributed by atoms with van der Waals surface area (Å²) < 4.78 is 11.9. The highest BCUT2D eigenvalue weighted by Crippen LogP contribution is 2.26. The zero-order chi connectivity index (χ0) is 17.8. The summed E-state index contributed by atoms with van der Waals surface area (Å²) in [4.78, 5) is 17.1. The van der Waals surface area contributed by atoms with E-state index in [1.54, 1.807) is 31.5 Å². The van der Waals surface area contributed by atoms with Gasteiger partial charge in [0.25, 0.3) is 0 Å². The monoisotopic (exact) mass is 343 g/mol. The van der Waals surface area contributed by atoms with Crippen molar-refractivity contribution in [1.29, 1.82) is 0 Å². The Morgan fingerprint density at radius 2 is 1.96 bits per heavy atom. The summed E-state index contributed by atoms with van der Waals surface area (Å²) in [7, 11) is 3.09. The number of fused-ring (bicyclic) bond motifs is 1. The Morgan fingerprint density at radius 3 is 2.68 bits per heavy atom. The van der Waals surface area contributed by atoms with Crippen LogP contribution in [0.15, 0.2) is 36.8 Å². The predicted molar refractivity (Wildman–Crippen MR) is 87.6 cm³/mol. The van der Waals surface area contributed by atoms with Crippen molar-refractivity contribution in [2.24, 2.45) is 0 Å². The van der Waals surface area contributed by atoms with Gasteiger partial charge >= 0.3 is 6.09 Å². The molecule has 0 spiro atoms. The number of amides is 1. The summed E-state index contributed by atoms with van der Waals surface area (Å²) in [6.45, 7) is 0.285. The highest BCUT2D eigenvalue weighted by Gasteiger charge is 2.18. The highest BCUT2D eigenvalue weighted by molar-refractivity contribution is 5.66. The van der Waals surface area contributed by atoms with E-state index in [0.717, 1.165) is 5.56 Å². The van der Waals surface area contributed by atoms with E-state index in [-0.39, 0.29) is 13.1 Å². The molecule has 9 heteroatoms. The summed E-state index contributed by atoms with van der Waals surface area (Å²) in [5, 5.41) is 17.7. The number of hydrogen-bond acceptors (Lipinski definition) is 6. The van der Waals surface area contributed by atoms with Gasteiger partial charge in [0.05, 0.1) is 39.7 Å². The number of nitrogens with zero attached hydrogens (tertiary/aromatic N) is 5. The largest absolute Gasteiger partial charge is 0.497 e. The zero-order valence-electron chi connectivity index (χ0n) is 13.8. The van der Waals surface area contributed by atoms with E-state index in [0.29, 0.717) is 22.7 Å². The van der Waals surface area contributed by atoms with Crippen LogP contribution in [0.4, 0.5) is 4.79 Å². The van der Waals surface area contributed by atoms with E-state index in [1.807, 2.05) is 0 Å². The Labute approximate surface area is 143 Å². The molecule has 0 aliphatic carbocycles. The molecule has 0 aliphatic rings. The minimum absolute atomic E-state index is 0.132. The molecule has 1 aromatic carbocycles. The molecule has 0 radical (unpaired) electrons. The van der Waals surface area contributed by atoms with Crippen molar-refractivity contribution < 1.29 is 19.4 Å². The maximum Gasteiger partial charge on any atom is 0.407 e. The molecule has 0 unspecified atom stereocenters. The second-order valence-corrected chi connectivity index (χ2v) is 5.24. The third-order valence-electron chi connectivity index (χ3n) is 3.73. The smallest absolute Gasteiger partial charge is 0.407 e. The molecule has 2 heterocycles. The molecule has 9 nitrogen and oxygen atoms in total. The van der Waals surface area contributed by atoms with Gasteiger partial charge in [-0.2, -0.15) is 10.2 Å². The molecule has 0 bridgehead atoms. The Balaban J connectivity index is 1.86. The van der Waals surface area contributed by atoms with Crippen LogP contribution >= 0.6 is 0 Å². The molecule has 3 aromatic rings. The summed E-state index contributed by atoms with van der Waals surface area (Å²) in [6.07, 6.45) is 3.57. The SMILES string of the molecule is COc1ccc(CN(Cc2cnn3nccnc23)C(=O)O)c(OC)c1.